The van der Waals surface area contributed by atoms with E-state index in [-0.39, 0.29) is 24.9 Å². The van der Waals surface area contributed by atoms with Crippen LogP contribution in [0.25, 0.3) is 0 Å². The molecular weight excluding hydrogens is 803 g/mol. The maximum atomic E-state index is 13.3. The molecule has 65 heavy (non-hydrogen) atoms. The van der Waals surface area contributed by atoms with E-state index in [2.05, 4.69) is 38.2 Å². The molecule has 386 valence electrons. The number of ether oxygens (including phenoxy) is 1. The van der Waals surface area contributed by atoms with Crippen LogP contribution in [0, 0.1) is 0 Å². The molecular formula is C59H115NO5. The van der Waals surface area contributed by atoms with Crippen molar-refractivity contribution < 1.29 is 24.5 Å². The molecule has 3 unspecified atom stereocenters. The highest BCUT2D eigenvalue weighted by molar-refractivity contribution is 5.77. The van der Waals surface area contributed by atoms with Crippen LogP contribution in [-0.2, 0) is 14.3 Å². The number of rotatable bonds is 54. The predicted molar refractivity (Wildman–Crippen MR) is 283 cm³/mol. The molecule has 0 heterocycles. The van der Waals surface area contributed by atoms with Crippen LogP contribution < -0.4 is 5.32 Å². The van der Waals surface area contributed by atoms with E-state index in [0.29, 0.717) is 19.3 Å². The minimum atomic E-state index is -0.783. The lowest BCUT2D eigenvalue weighted by molar-refractivity contribution is -0.151. The van der Waals surface area contributed by atoms with E-state index in [1.165, 1.54) is 238 Å². The number of nitrogens with one attached hydrogen (secondary N) is 1. The highest BCUT2D eigenvalue weighted by Crippen LogP contribution is 2.19. The van der Waals surface area contributed by atoms with Crippen molar-refractivity contribution in [2.75, 3.05) is 6.61 Å². The van der Waals surface area contributed by atoms with E-state index in [1.54, 1.807) is 0 Å². The lowest BCUT2D eigenvalue weighted by Gasteiger charge is -2.24. The van der Waals surface area contributed by atoms with Crippen LogP contribution in [0.2, 0.25) is 0 Å². The number of carbonyl (C=O) groups excluding carboxylic acids is 2. The fourth-order valence-corrected chi connectivity index (χ4v) is 9.37. The Morgan fingerprint density at radius 1 is 0.431 bits per heavy atom. The fourth-order valence-electron chi connectivity index (χ4n) is 9.37. The molecule has 0 aromatic heterocycles. The molecule has 6 nitrogen and oxygen atoms in total. The van der Waals surface area contributed by atoms with Crippen molar-refractivity contribution in [3.63, 3.8) is 0 Å². The van der Waals surface area contributed by atoms with Crippen molar-refractivity contribution in [2.24, 2.45) is 0 Å². The predicted octanol–water partition coefficient (Wildman–Crippen LogP) is 18.1. The first-order valence-corrected chi connectivity index (χ1v) is 29.4. The summed E-state index contributed by atoms with van der Waals surface area (Å²) in [5.74, 6) is -0.455. The molecule has 0 bridgehead atoms. The molecule has 0 aromatic carbocycles. The summed E-state index contributed by atoms with van der Waals surface area (Å²) in [4.78, 5) is 26.3. The van der Waals surface area contributed by atoms with Crippen molar-refractivity contribution in [1.29, 1.82) is 0 Å². The van der Waals surface area contributed by atoms with Crippen LogP contribution in [0.15, 0.2) is 12.2 Å². The highest BCUT2D eigenvalue weighted by Gasteiger charge is 2.24. The largest absolute Gasteiger partial charge is 0.462 e. The topological polar surface area (TPSA) is 95.9 Å². The van der Waals surface area contributed by atoms with Gasteiger partial charge in [-0.25, -0.2) is 0 Å². The molecule has 6 heteroatoms. The highest BCUT2D eigenvalue weighted by atomic mass is 16.5. The van der Waals surface area contributed by atoms with Gasteiger partial charge < -0.3 is 20.3 Å². The van der Waals surface area contributed by atoms with Gasteiger partial charge in [-0.1, -0.05) is 277 Å². The van der Waals surface area contributed by atoms with Crippen LogP contribution in [0.1, 0.15) is 329 Å². The molecule has 0 saturated carbocycles. The number of unbranched alkanes of at least 4 members (excludes halogenated alkanes) is 40. The van der Waals surface area contributed by atoms with Gasteiger partial charge in [-0.05, 0) is 51.4 Å². The lowest BCUT2D eigenvalue weighted by Crippen LogP contribution is -2.46. The summed E-state index contributed by atoms with van der Waals surface area (Å²) < 4.78 is 5.97. The molecule has 3 N–H and O–H groups in total. The summed E-state index contributed by atoms with van der Waals surface area (Å²) in [6, 6.07) is -0.696. The maximum absolute atomic E-state index is 13.3. The van der Waals surface area contributed by atoms with Gasteiger partial charge in [0, 0.05) is 6.42 Å². The molecule has 0 aliphatic rings. The zero-order valence-corrected chi connectivity index (χ0v) is 44.2. The van der Waals surface area contributed by atoms with Gasteiger partial charge in [0.05, 0.1) is 25.2 Å². The van der Waals surface area contributed by atoms with Crippen LogP contribution in [0.4, 0.5) is 0 Å². The molecule has 0 aliphatic carbocycles. The van der Waals surface area contributed by atoms with Crippen molar-refractivity contribution in [3.05, 3.63) is 12.2 Å². The number of amides is 1. The Kier molecular flexibility index (Phi) is 52.4. The molecule has 1 amide bonds. The second-order valence-electron chi connectivity index (χ2n) is 20.4. The second kappa shape index (κ2) is 53.6. The number of carbonyl (C=O) groups is 2. The minimum absolute atomic E-state index is 0.0840. The third kappa shape index (κ3) is 48.9. The van der Waals surface area contributed by atoms with E-state index in [4.69, 9.17) is 4.74 Å². The zero-order chi connectivity index (χ0) is 47.4. The van der Waals surface area contributed by atoms with Gasteiger partial charge in [0.15, 0.2) is 0 Å². The van der Waals surface area contributed by atoms with Gasteiger partial charge in [-0.2, -0.15) is 0 Å². The normalized spacial score (nSPS) is 13.1. The van der Waals surface area contributed by atoms with Gasteiger partial charge >= 0.3 is 5.97 Å². The average molecular weight is 919 g/mol. The van der Waals surface area contributed by atoms with E-state index in [1.807, 2.05) is 0 Å². The van der Waals surface area contributed by atoms with Crippen molar-refractivity contribution in [3.8, 4) is 0 Å². The Hall–Kier alpha value is -1.40. The summed E-state index contributed by atoms with van der Waals surface area (Å²) in [5, 5.41) is 23.9. The van der Waals surface area contributed by atoms with E-state index >= 15 is 0 Å². The molecule has 0 aromatic rings. The fraction of sp³-hybridized carbons (Fsp3) is 0.932. The SMILES string of the molecule is CCCCCC/C=C\CCCCCCCCCC(=O)OC(CCCCCCCCCCCCCCCCCC)CC(=O)NC(CO)C(O)CCCCCCCCCCCCCCCCC. The van der Waals surface area contributed by atoms with Gasteiger partial charge in [0.2, 0.25) is 5.91 Å². The second-order valence-corrected chi connectivity index (χ2v) is 20.4. The third-order valence-electron chi connectivity index (χ3n) is 13.8. The molecule has 3 atom stereocenters. The maximum Gasteiger partial charge on any atom is 0.306 e. The van der Waals surface area contributed by atoms with Crippen molar-refractivity contribution in [2.45, 2.75) is 347 Å². The van der Waals surface area contributed by atoms with Gasteiger partial charge in [-0.3, -0.25) is 9.59 Å². The molecule has 0 rings (SSSR count). The lowest BCUT2D eigenvalue weighted by atomic mass is 10.0. The number of aliphatic hydroxyl groups is 2. The molecule has 0 saturated heterocycles. The monoisotopic (exact) mass is 918 g/mol. The first-order valence-electron chi connectivity index (χ1n) is 29.4. The number of aliphatic hydroxyl groups excluding tert-OH is 2. The Bertz CT molecular complexity index is 986. The first kappa shape index (κ1) is 63.6. The Morgan fingerprint density at radius 3 is 1.11 bits per heavy atom. The third-order valence-corrected chi connectivity index (χ3v) is 13.8. The van der Waals surface area contributed by atoms with Crippen LogP contribution in [-0.4, -0.2) is 46.9 Å². The van der Waals surface area contributed by atoms with E-state index in [9.17, 15) is 19.8 Å². The van der Waals surface area contributed by atoms with E-state index in [0.717, 1.165) is 44.9 Å². The summed E-state index contributed by atoms with van der Waals surface area (Å²) in [5.41, 5.74) is 0. The van der Waals surface area contributed by atoms with Crippen molar-refractivity contribution in [1.82, 2.24) is 5.32 Å². The summed E-state index contributed by atoms with van der Waals surface area (Å²) in [6.07, 6.45) is 61.3. The van der Waals surface area contributed by atoms with E-state index < -0.39 is 18.2 Å². The average Bonchev–Trinajstić information content (AvgIpc) is 3.30. The Balaban J connectivity index is 4.51. The number of esters is 1. The van der Waals surface area contributed by atoms with Gasteiger partial charge in [0.25, 0.3) is 0 Å². The van der Waals surface area contributed by atoms with Gasteiger partial charge in [0.1, 0.15) is 6.10 Å². The number of hydrogen-bond acceptors (Lipinski definition) is 5. The molecule has 0 spiro atoms. The zero-order valence-electron chi connectivity index (χ0n) is 44.2. The molecule has 0 aliphatic heterocycles. The number of allylic oxidation sites excluding steroid dienone is 2. The molecule has 0 radical (unpaired) electrons. The van der Waals surface area contributed by atoms with Crippen LogP contribution >= 0.6 is 0 Å². The van der Waals surface area contributed by atoms with Gasteiger partial charge in [-0.15, -0.1) is 0 Å². The first-order chi connectivity index (χ1) is 32.0. The summed E-state index contributed by atoms with van der Waals surface area (Å²) in [7, 11) is 0. The van der Waals surface area contributed by atoms with Crippen LogP contribution in [0.5, 0.6) is 0 Å². The quantitative estimate of drug-likeness (QED) is 0.0321. The smallest absolute Gasteiger partial charge is 0.306 e. The Labute approximate surface area is 406 Å². The Morgan fingerprint density at radius 2 is 0.738 bits per heavy atom. The molecule has 0 fully saturated rings. The summed E-state index contributed by atoms with van der Waals surface area (Å²) >= 11 is 0. The van der Waals surface area contributed by atoms with Crippen LogP contribution in [0.3, 0.4) is 0 Å². The standard InChI is InChI=1S/C59H115NO5/c1-4-7-10-13-16-19-22-25-28-31-32-35-38-41-44-47-50-55(65-59(64)52-49-46-43-40-37-34-30-27-24-21-18-15-12-9-6-3)53-58(63)60-56(54-61)57(62)51-48-45-42-39-36-33-29-26-23-20-17-14-11-8-5-2/h21,24,55-57,61-62H,4-20,22-23,25-54H2,1-3H3,(H,60,63)/b24-21-. The van der Waals surface area contributed by atoms with Crippen molar-refractivity contribution >= 4 is 11.9 Å². The number of hydrogen-bond donors (Lipinski definition) is 3. The summed E-state index contributed by atoms with van der Waals surface area (Å²) in [6.45, 7) is 6.52. The minimum Gasteiger partial charge on any atom is -0.462 e.